The molecule has 0 aromatic carbocycles. The van der Waals surface area contributed by atoms with Crippen LogP contribution in [-0.4, -0.2) is 23.6 Å². The maximum atomic E-state index is 10.7. The SMILES string of the molecule is CC(=O)CC(CC(C)=O)NC(N)=O. The van der Waals surface area contributed by atoms with E-state index in [9.17, 15) is 14.4 Å². The van der Waals surface area contributed by atoms with Gasteiger partial charge in [0, 0.05) is 18.9 Å². The van der Waals surface area contributed by atoms with Crippen molar-refractivity contribution >= 4 is 17.6 Å². The molecular formula is C8H14N2O3. The summed E-state index contributed by atoms with van der Waals surface area (Å²) >= 11 is 0. The lowest BCUT2D eigenvalue weighted by molar-refractivity contribution is -0.118. The van der Waals surface area contributed by atoms with E-state index in [2.05, 4.69) is 5.32 Å². The maximum Gasteiger partial charge on any atom is 0.312 e. The molecule has 0 bridgehead atoms. The summed E-state index contributed by atoms with van der Waals surface area (Å²) in [5.41, 5.74) is 4.87. The van der Waals surface area contributed by atoms with Crippen LogP contribution >= 0.6 is 0 Å². The summed E-state index contributed by atoms with van der Waals surface area (Å²) < 4.78 is 0. The summed E-state index contributed by atoms with van der Waals surface area (Å²) in [5, 5.41) is 2.34. The third kappa shape index (κ3) is 6.99. The van der Waals surface area contributed by atoms with Gasteiger partial charge < -0.3 is 11.1 Å². The molecule has 0 heterocycles. The highest BCUT2D eigenvalue weighted by Crippen LogP contribution is 1.99. The van der Waals surface area contributed by atoms with Gasteiger partial charge in [-0.05, 0) is 13.8 Å². The predicted molar refractivity (Wildman–Crippen MR) is 47.1 cm³/mol. The minimum absolute atomic E-state index is 0.0833. The van der Waals surface area contributed by atoms with Crippen LogP contribution in [0.2, 0.25) is 0 Å². The van der Waals surface area contributed by atoms with Crippen LogP contribution in [0, 0.1) is 0 Å². The largest absolute Gasteiger partial charge is 0.352 e. The average Bonchev–Trinajstić information content (AvgIpc) is 1.80. The van der Waals surface area contributed by atoms with Crippen molar-refractivity contribution in [3.05, 3.63) is 0 Å². The molecule has 0 unspecified atom stereocenters. The number of carbonyl (C=O) groups excluding carboxylic acids is 3. The van der Waals surface area contributed by atoms with Crippen molar-refractivity contribution in [2.75, 3.05) is 0 Å². The van der Waals surface area contributed by atoms with Crippen molar-refractivity contribution in [3.63, 3.8) is 0 Å². The van der Waals surface area contributed by atoms with Crippen LogP contribution < -0.4 is 11.1 Å². The molecule has 0 fully saturated rings. The lowest BCUT2D eigenvalue weighted by Crippen LogP contribution is -2.40. The zero-order chi connectivity index (χ0) is 10.4. The van der Waals surface area contributed by atoms with Gasteiger partial charge in [0.2, 0.25) is 0 Å². The van der Waals surface area contributed by atoms with Crippen molar-refractivity contribution in [2.45, 2.75) is 32.7 Å². The molecule has 2 amide bonds. The summed E-state index contributed by atoms with van der Waals surface area (Å²) in [6.07, 6.45) is 0.283. The van der Waals surface area contributed by atoms with E-state index in [4.69, 9.17) is 5.73 Å². The molecule has 0 radical (unpaired) electrons. The lowest BCUT2D eigenvalue weighted by Gasteiger charge is -2.13. The number of urea groups is 1. The third-order valence-electron chi connectivity index (χ3n) is 1.41. The highest BCUT2D eigenvalue weighted by atomic mass is 16.2. The predicted octanol–water partition coefficient (Wildman–Crippen LogP) is -0.0185. The van der Waals surface area contributed by atoms with E-state index in [0.29, 0.717) is 0 Å². The van der Waals surface area contributed by atoms with Gasteiger partial charge in [-0.3, -0.25) is 9.59 Å². The van der Waals surface area contributed by atoms with Crippen molar-refractivity contribution < 1.29 is 14.4 Å². The van der Waals surface area contributed by atoms with Crippen molar-refractivity contribution in [3.8, 4) is 0 Å². The standard InChI is InChI=1S/C8H14N2O3/c1-5(11)3-7(4-6(2)12)10-8(9)13/h7H,3-4H2,1-2H3,(H3,9,10,13). The van der Waals surface area contributed by atoms with Crippen LogP contribution in [0.15, 0.2) is 0 Å². The van der Waals surface area contributed by atoms with E-state index in [1.807, 2.05) is 0 Å². The van der Waals surface area contributed by atoms with E-state index in [-0.39, 0.29) is 24.4 Å². The van der Waals surface area contributed by atoms with E-state index < -0.39 is 12.1 Å². The Morgan fingerprint density at radius 1 is 1.15 bits per heavy atom. The number of ketones is 2. The zero-order valence-corrected chi connectivity index (χ0v) is 7.79. The average molecular weight is 186 g/mol. The fraction of sp³-hybridized carbons (Fsp3) is 0.625. The van der Waals surface area contributed by atoms with Crippen molar-refractivity contribution in [1.82, 2.24) is 5.32 Å². The Balaban J connectivity index is 4.10. The Hall–Kier alpha value is -1.39. The Bertz CT molecular complexity index is 187. The van der Waals surface area contributed by atoms with E-state index in [1.165, 1.54) is 13.8 Å². The molecule has 0 aliphatic carbocycles. The fourth-order valence-corrected chi connectivity index (χ4v) is 1.07. The lowest BCUT2D eigenvalue weighted by atomic mass is 10.1. The van der Waals surface area contributed by atoms with Crippen LogP contribution in [-0.2, 0) is 9.59 Å². The zero-order valence-electron chi connectivity index (χ0n) is 7.79. The second kappa shape index (κ2) is 5.29. The highest BCUT2D eigenvalue weighted by molar-refractivity contribution is 5.81. The van der Waals surface area contributed by atoms with Gasteiger partial charge in [-0.25, -0.2) is 4.79 Å². The van der Waals surface area contributed by atoms with E-state index >= 15 is 0 Å². The number of rotatable bonds is 5. The molecule has 5 nitrogen and oxygen atoms in total. The summed E-state index contributed by atoms with van der Waals surface area (Å²) in [5.74, 6) is -0.167. The van der Waals surface area contributed by atoms with Crippen LogP contribution in [0.25, 0.3) is 0 Å². The van der Waals surface area contributed by atoms with Crippen LogP contribution in [0.1, 0.15) is 26.7 Å². The minimum atomic E-state index is -0.715. The van der Waals surface area contributed by atoms with Crippen LogP contribution in [0.5, 0.6) is 0 Å². The summed E-state index contributed by atoms with van der Waals surface area (Å²) in [6, 6.07) is -1.18. The van der Waals surface area contributed by atoms with Crippen LogP contribution in [0.3, 0.4) is 0 Å². The van der Waals surface area contributed by atoms with Gasteiger partial charge >= 0.3 is 6.03 Å². The number of Topliss-reactive ketones (excluding diaryl/α,β-unsaturated/α-hetero) is 2. The molecule has 0 aromatic heterocycles. The Morgan fingerprint density at radius 3 is 1.77 bits per heavy atom. The van der Waals surface area contributed by atoms with Gasteiger partial charge in [0.1, 0.15) is 11.6 Å². The molecular weight excluding hydrogens is 172 g/mol. The summed E-state index contributed by atoms with van der Waals surface area (Å²) in [4.78, 5) is 31.9. The number of hydrogen-bond acceptors (Lipinski definition) is 3. The molecule has 0 aliphatic rings. The van der Waals surface area contributed by atoms with Crippen molar-refractivity contribution in [2.24, 2.45) is 5.73 Å². The summed E-state index contributed by atoms with van der Waals surface area (Å²) in [6.45, 7) is 2.80. The molecule has 3 N–H and O–H groups in total. The first-order valence-electron chi connectivity index (χ1n) is 3.96. The molecule has 5 heteroatoms. The quantitative estimate of drug-likeness (QED) is 0.632. The van der Waals surface area contributed by atoms with Gasteiger partial charge in [-0.1, -0.05) is 0 Å². The van der Waals surface area contributed by atoms with E-state index in [0.717, 1.165) is 0 Å². The van der Waals surface area contributed by atoms with E-state index in [1.54, 1.807) is 0 Å². The highest BCUT2D eigenvalue weighted by Gasteiger charge is 2.14. The van der Waals surface area contributed by atoms with Gasteiger partial charge in [-0.2, -0.15) is 0 Å². The molecule has 0 saturated carbocycles. The Morgan fingerprint density at radius 2 is 1.54 bits per heavy atom. The molecule has 0 rings (SSSR count). The minimum Gasteiger partial charge on any atom is -0.352 e. The summed E-state index contributed by atoms with van der Waals surface area (Å²) in [7, 11) is 0. The number of hydrogen-bond donors (Lipinski definition) is 2. The second-order valence-corrected chi connectivity index (χ2v) is 3.02. The number of carbonyl (C=O) groups is 3. The third-order valence-corrected chi connectivity index (χ3v) is 1.41. The normalized spacial score (nSPS) is 9.77. The number of primary amides is 1. The monoisotopic (exact) mass is 186 g/mol. The smallest absolute Gasteiger partial charge is 0.312 e. The Labute approximate surface area is 76.7 Å². The fourth-order valence-electron chi connectivity index (χ4n) is 1.07. The molecule has 0 saturated heterocycles. The molecule has 0 spiro atoms. The number of nitrogens with two attached hydrogens (primary N) is 1. The first-order valence-corrected chi connectivity index (χ1v) is 3.96. The van der Waals surface area contributed by atoms with Gasteiger partial charge in [0.25, 0.3) is 0 Å². The maximum absolute atomic E-state index is 10.7. The van der Waals surface area contributed by atoms with Crippen LogP contribution in [0.4, 0.5) is 4.79 Å². The first kappa shape index (κ1) is 11.6. The Kier molecular flexibility index (Phi) is 4.72. The topological polar surface area (TPSA) is 89.3 Å². The molecule has 13 heavy (non-hydrogen) atoms. The molecule has 0 aliphatic heterocycles. The second-order valence-electron chi connectivity index (χ2n) is 3.02. The number of nitrogens with one attached hydrogen (secondary N) is 1. The molecule has 0 aromatic rings. The number of amides is 2. The van der Waals surface area contributed by atoms with Gasteiger partial charge in [0.05, 0.1) is 0 Å². The molecule has 74 valence electrons. The van der Waals surface area contributed by atoms with Gasteiger partial charge in [-0.15, -0.1) is 0 Å². The molecule has 0 atom stereocenters. The first-order chi connectivity index (χ1) is 5.91. The van der Waals surface area contributed by atoms with Crippen molar-refractivity contribution in [1.29, 1.82) is 0 Å². The van der Waals surface area contributed by atoms with Gasteiger partial charge in [0.15, 0.2) is 0 Å².